The molecule has 0 unspecified atom stereocenters. The van der Waals surface area contributed by atoms with Gasteiger partial charge in [0.2, 0.25) is 11.8 Å². The third-order valence-corrected chi connectivity index (χ3v) is 4.68. The molecule has 142 valence electrons. The normalized spacial score (nSPS) is 11.0. The second kappa shape index (κ2) is 7.61. The summed E-state index contributed by atoms with van der Waals surface area (Å²) in [5.41, 5.74) is 3.68. The first-order valence-corrected chi connectivity index (χ1v) is 8.72. The Morgan fingerprint density at radius 2 is 2.15 bits per heavy atom. The smallest absolute Gasteiger partial charge is 0.253 e. The maximum Gasteiger partial charge on any atom is 0.253 e. The largest absolute Gasteiger partial charge is 0.481 e. The molecule has 3 aromatic heterocycles. The van der Waals surface area contributed by atoms with E-state index in [1.54, 1.807) is 31.1 Å². The van der Waals surface area contributed by atoms with Gasteiger partial charge in [-0.25, -0.2) is 4.98 Å². The lowest BCUT2D eigenvalue weighted by Gasteiger charge is -2.09. The zero-order valence-electron chi connectivity index (χ0n) is 15.9. The number of hydrogen-bond donors (Lipinski definition) is 2. The van der Waals surface area contributed by atoms with Gasteiger partial charge in [-0.15, -0.1) is 0 Å². The number of H-pyrrole nitrogens is 1. The first-order valence-electron chi connectivity index (χ1n) is 8.72. The van der Waals surface area contributed by atoms with Gasteiger partial charge in [0.25, 0.3) is 5.56 Å². The van der Waals surface area contributed by atoms with Gasteiger partial charge in [0.15, 0.2) is 0 Å². The number of aromatic nitrogens is 4. The Balaban J connectivity index is 1.70. The average molecular weight is 369 g/mol. The summed E-state index contributed by atoms with van der Waals surface area (Å²) in [6, 6.07) is 3.64. The predicted octanol–water partition coefficient (Wildman–Crippen LogP) is 1.53. The Morgan fingerprint density at radius 3 is 2.89 bits per heavy atom. The monoisotopic (exact) mass is 369 g/mol. The van der Waals surface area contributed by atoms with E-state index in [1.807, 2.05) is 19.9 Å². The highest BCUT2D eigenvalue weighted by Crippen LogP contribution is 2.21. The van der Waals surface area contributed by atoms with E-state index in [4.69, 9.17) is 4.74 Å². The summed E-state index contributed by atoms with van der Waals surface area (Å²) < 4.78 is 6.84. The molecular formula is C19H23N5O3. The minimum absolute atomic E-state index is 0.136. The van der Waals surface area contributed by atoms with E-state index in [1.165, 1.54) is 0 Å². The van der Waals surface area contributed by atoms with Gasteiger partial charge in [0.1, 0.15) is 5.65 Å². The van der Waals surface area contributed by atoms with Gasteiger partial charge in [-0.3, -0.25) is 14.3 Å². The standard InChI is InChI=1S/C19H23N5O3/c1-11-14(18(26)22-17-16(11)12(2)23-24(17)3)7-8-15(25)21-10-13-6-5-9-20-19(13)27-4/h5-6,9H,7-8,10H2,1-4H3,(H,21,25)(H,22,26). The van der Waals surface area contributed by atoms with E-state index in [0.29, 0.717) is 30.1 Å². The van der Waals surface area contributed by atoms with Crippen molar-refractivity contribution in [3.05, 3.63) is 51.1 Å². The van der Waals surface area contributed by atoms with Crippen molar-refractivity contribution in [3.63, 3.8) is 0 Å². The molecule has 0 aromatic carbocycles. The number of carbonyl (C=O) groups excluding carboxylic acids is 1. The number of nitrogens with zero attached hydrogens (tertiary/aromatic N) is 3. The molecule has 2 N–H and O–H groups in total. The maximum atomic E-state index is 12.4. The summed E-state index contributed by atoms with van der Waals surface area (Å²) in [6.07, 6.45) is 2.22. The number of fused-ring (bicyclic) bond motifs is 1. The second-order valence-corrected chi connectivity index (χ2v) is 6.44. The van der Waals surface area contributed by atoms with Gasteiger partial charge >= 0.3 is 0 Å². The van der Waals surface area contributed by atoms with Crippen LogP contribution in [0.1, 0.15) is 28.8 Å². The average Bonchev–Trinajstić information content (AvgIpc) is 2.93. The van der Waals surface area contributed by atoms with Crippen LogP contribution < -0.4 is 15.6 Å². The van der Waals surface area contributed by atoms with Crippen molar-refractivity contribution in [2.24, 2.45) is 7.05 Å². The summed E-state index contributed by atoms with van der Waals surface area (Å²) in [6.45, 7) is 4.14. The third kappa shape index (κ3) is 3.69. The first kappa shape index (κ1) is 18.6. The van der Waals surface area contributed by atoms with Gasteiger partial charge in [-0.05, 0) is 31.9 Å². The van der Waals surface area contributed by atoms with Gasteiger partial charge in [0, 0.05) is 42.7 Å². The third-order valence-electron chi connectivity index (χ3n) is 4.68. The van der Waals surface area contributed by atoms with Crippen LogP contribution in [0, 0.1) is 13.8 Å². The quantitative estimate of drug-likeness (QED) is 0.686. The van der Waals surface area contributed by atoms with Crippen molar-refractivity contribution in [1.29, 1.82) is 0 Å². The van der Waals surface area contributed by atoms with Crippen LogP contribution in [0.3, 0.4) is 0 Å². The number of pyridine rings is 2. The van der Waals surface area contributed by atoms with Gasteiger partial charge in [0.05, 0.1) is 12.8 Å². The van der Waals surface area contributed by atoms with Crippen LogP contribution >= 0.6 is 0 Å². The van der Waals surface area contributed by atoms with Crippen molar-refractivity contribution in [3.8, 4) is 5.88 Å². The second-order valence-electron chi connectivity index (χ2n) is 6.44. The van der Waals surface area contributed by atoms with E-state index in [0.717, 1.165) is 22.2 Å². The summed E-state index contributed by atoms with van der Waals surface area (Å²) in [5, 5.41) is 8.14. The topological polar surface area (TPSA) is 102 Å². The van der Waals surface area contributed by atoms with E-state index in [9.17, 15) is 9.59 Å². The van der Waals surface area contributed by atoms with Gasteiger partial charge in [-0.2, -0.15) is 5.10 Å². The van der Waals surface area contributed by atoms with Gasteiger partial charge in [-0.1, -0.05) is 6.07 Å². The Kier molecular flexibility index (Phi) is 5.25. The Hall–Kier alpha value is -3.16. The number of aryl methyl sites for hydroxylation is 3. The molecule has 0 aliphatic heterocycles. The van der Waals surface area contributed by atoms with E-state index in [-0.39, 0.29) is 17.9 Å². The number of nitrogens with one attached hydrogen (secondary N) is 2. The van der Waals surface area contributed by atoms with Crippen LogP contribution in [0.15, 0.2) is 23.1 Å². The SMILES string of the molecule is COc1ncccc1CNC(=O)CCc1c(C)c2c(C)nn(C)c2[nH]c1=O. The Labute approximate surface area is 156 Å². The van der Waals surface area contributed by atoms with E-state index >= 15 is 0 Å². The van der Waals surface area contributed by atoms with Crippen LogP contribution in [0.25, 0.3) is 11.0 Å². The lowest BCUT2D eigenvalue weighted by Crippen LogP contribution is -2.25. The lowest BCUT2D eigenvalue weighted by atomic mass is 10.0. The van der Waals surface area contributed by atoms with E-state index in [2.05, 4.69) is 20.4 Å². The molecule has 0 saturated heterocycles. The molecular weight excluding hydrogens is 346 g/mol. The Morgan fingerprint density at radius 1 is 1.37 bits per heavy atom. The fourth-order valence-electron chi connectivity index (χ4n) is 3.32. The first-order chi connectivity index (χ1) is 12.9. The fourth-order valence-corrected chi connectivity index (χ4v) is 3.32. The highest BCUT2D eigenvalue weighted by molar-refractivity contribution is 5.83. The molecule has 8 heteroatoms. The molecule has 0 radical (unpaired) electrons. The van der Waals surface area contributed by atoms with Crippen molar-refractivity contribution in [2.45, 2.75) is 33.2 Å². The number of amides is 1. The molecule has 0 spiro atoms. The van der Waals surface area contributed by atoms with Crippen LogP contribution in [-0.2, 0) is 24.8 Å². The molecule has 1 amide bonds. The molecule has 0 bridgehead atoms. The summed E-state index contributed by atoms with van der Waals surface area (Å²) in [7, 11) is 3.34. The molecule has 3 heterocycles. The zero-order chi connectivity index (χ0) is 19.6. The lowest BCUT2D eigenvalue weighted by molar-refractivity contribution is -0.121. The van der Waals surface area contributed by atoms with Crippen LogP contribution in [0.4, 0.5) is 0 Å². The van der Waals surface area contributed by atoms with Crippen LogP contribution in [0.5, 0.6) is 5.88 Å². The fraction of sp³-hybridized carbons (Fsp3) is 0.368. The number of aromatic amines is 1. The maximum absolute atomic E-state index is 12.4. The molecule has 0 atom stereocenters. The summed E-state index contributed by atoms with van der Waals surface area (Å²) >= 11 is 0. The van der Waals surface area contributed by atoms with Crippen molar-refractivity contribution >= 4 is 16.9 Å². The molecule has 8 nitrogen and oxygen atoms in total. The number of ether oxygens (including phenoxy) is 1. The number of methoxy groups -OCH3 is 1. The molecule has 0 saturated carbocycles. The number of rotatable bonds is 6. The predicted molar refractivity (Wildman–Crippen MR) is 102 cm³/mol. The number of carbonyl (C=O) groups is 1. The molecule has 0 aliphatic rings. The van der Waals surface area contributed by atoms with Crippen molar-refractivity contribution < 1.29 is 9.53 Å². The van der Waals surface area contributed by atoms with Gasteiger partial charge < -0.3 is 15.0 Å². The minimum atomic E-state index is -0.176. The van der Waals surface area contributed by atoms with Crippen molar-refractivity contribution in [1.82, 2.24) is 25.1 Å². The zero-order valence-corrected chi connectivity index (χ0v) is 15.9. The minimum Gasteiger partial charge on any atom is -0.481 e. The molecule has 27 heavy (non-hydrogen) atoms. The molecule has 3 aromatic rings. The molecule has 0 fully saturated rings. The summed E-state index contributed by atoms with van der Waals surface area (Å²) in [5.74, 6) is 0.352. The van der Waals surface area contributed by atoms with Crippen molar-refractivity contribution in [2.75, 3.05) is 7.11 Å². The van der Waals surface area contributed by atoms with Crippen LogP contribution in [-0.4, -0.2) is 32.8 Å². The molecule has 3 rings (SSSR count). The number of hydrogen-bond acceptors (Lipinski definition) is 5. The summed E-state index contributed by atoms with van der Waals surface area (Å²) in [4.78, 5) is 31.7. The highest BCUT2D eigenvalue weighted by Gasteiger charge is 2.16. The van der Waals surface area contributed by atoms with Crippen LogP contribution in [0.2, 0.25) is 0 Å². The molecule has 0 aliphatic carbocycles. The highest BCUT2D eigenvalue weighted by atomic mass is 16.5. The Bertz CT molecular complexity index is 1050. The van der Waals surface area contributed by atoms with E-state index < -0.39 is 0 Å².